The maximum Gasteiger partial charge on any atom is 0.271 e. The van der Waals surface area contributed by atoms with E-state index in [-0.39, 0.29) is 5.69 Å². The fourth-order valence-electron chi connectivity index (χ4n) is 2.22. The zero-order valence-corrected chi connectivity index (χ0v) is 14.6. The Bertz CT molecular complexity index is 985. The van der Waals surface area contributed by atoms with Gasteiger partial charge >= 0.3 is 0 Å². The van der Waals surface area contributed by atoms with Crippen molar-refractivity contribution >= 4 is 61.9 Å². The lowest BCUT2D eigenvalue weighted by atomic mass is 10.1. The van der Waals surface area contributed by atoms with Crippen molar-refractivity contribution in [3.63, 3.8) is 0 Å². The van der Waals surface area contributed by atoms with Crippen molar-refractivity contribution in [1.29, 1.82) is 0 Å². The van der Waals surface area contributed by atoms with Gasteiger partial charge in [-0.25, -0.2) is 0 Å². The fourth-order valence-corrected chi connectivity index (χ4v) is 3.91. The molecule has 1 aromatic heterocycles. The van der Waals surface area contributed by atoms with E-state index in [1.807, 2.05) is 0 Å². The molecule has 1 amide bonds. The van der Waals surface area contributed by atoms with Gasteiger partial charge in [0.25, 0.3) is 11.6 Å². The molecule has 0 fully saturated rings. The number of hydrogen-bond acceptors (Lipinski definition) is 4. The molecule has 5 nitrogen and oxygen atoms in total. The number of anilines is 1. The summed E-state index contributed by atoms with van der Waals surface area (Å²) in [6, 6.07) is 9.49. The van der Waals surface area contributed by atoms with Gasteiger partial charge < -0.3 is 5.32 Å². The summed E-state index contributed by atoms with van der Waals surface area (Å²) < 4.78 is 0.799. The lowest BCUT2D eigenvalue weighted by Crippen LogP contribution is -2.11. The maximum atomic E-state index is 12.5. The molecule has 0 spiro atoms. The molecular formula is C16H10Cl2N2O3S. The minimum absolute atomic E-state index is 0.0925. The van der Waals surface area contributed by atoms with Gasteiger partial charge in [-0.15, -0.1) is 11.3 Å². The van der Waals surface area contributed by atoms with Gasteiger partial charge in [-0.05, 0) is 24.6 Å². The van der Waals surface area contributed by atoms with Crippen LogP contribution in [0.1, 0.15) is 15.2 Å². The van der Waals surface area contributed by atoms with Crippen LogP contribution in [0, 0.1) is 17.0 Å². The van der Waals surface area contributed by atoms with E-state index in [4.69, 9.17) is 23.2 Å². The smallest absolute Gasteiger partial charge is 0.271 e. The number of rotatable bonds is 3. The van der Waals surface area contributed by atoms with Crippen molar-refractivity contribution in [3.05, 3.63) is 67.0 Å². The molecule has 0 bridgehead atoms. The van der Waals surface area contributed by atoms with Crippen molar-refractivity contribution in [2.45, 2.75) is 6.92 Å². The first-order valence-corrected chi connectivity index (χ1v) is 8.38. The van der Waals surface area contributed by atoms with Crippen LogP contribution in [0.4, 0.5) is 11.4 Å². The second-order valence-corrected chi connectivity index (χ2v) is 6.96. The summed E-state index contributed by atoms with van der Waals surface area (Å²) in [5, 5.41) is 15.2. The van der Waals surface area contributed by atoms with Gasteiger partial charge in [0.05, 0.1) is 15.6 Å². The molecule has 2 aromatic carbocycles. The largest absolute Gasteiger partial charge is 0.321 e. The number of carbonyl (C=O) groups excluding carboxylic acids is 1. The fraction of sp³-hybridized carbons (Fsp3) is 0.0625. The number of nitro benzene ring substituents is 1. The molecule has 3 aromatic rings. The first-order chi connectivity index (χ1) is 11.4. The van der Waals surface area contributed by atoms with Crippen LogP contribution >= 0.6 is 34.5 Å². The number of nitrogens with zero attached hydrogens (tertiary/aromatic N) is 1. The number of carbonyl (C=O) groups is 1. The number of aryl methyl sites for hydroxylation is 1. The summed E-state index contributed by atoms with van der Waals surface area (Å²) in [5.41, 5.74) is 1.00. The Morgan fingerprint density at radius 1 is 1.21 bits per heavy atom. The molecule has 3 rings (SSSR count). The van der Waals surface area contributed by atoms with Crippen LogP contribution in [0.3, 0.4) is 0 Å². The zero-order chi connectivity index (χ0) is 17.4. The number of amides is 1. The van der Waals surface area contributed by atoms with Gasteiger partial charge in [-0.1, -0.05) is 35.3 Å². The van der Waals surface area contributed by atoms with Gasteiger partial charge in [0.1, 0.15) is 4.88 Å². The second kappa shape index (κ2) is 6.39. The Hall–Kier alpha value is -2.15. The molecule has 0 aliphatic carbocycles. The number of nitro groups is 1. The number of thiophene rings is 1. The topological polar surface area (TPSA) is 72.2 Å². The Morgan fingerprint density at radius 3 is 2.67 bits per heavy atom. The maximum absolute atomic E-state index is 12.5. The molecule has 122 valence electrons. The molecule has 1 N–H and O–H groups in total. The van der Waals surface area contributed by atoms with E-state index in [0.29, 0.717) is 26.2 Å². The summed E-state index contributed by atoms with van der Waals surface area (Å²) in [5.74, 6) is -0.416. The monoisotopic (exact) mass is 380 g/mol. The summed E-state index contributed by atoms with van der Waals surface area (Å²) in [6.07, 6.45) is 0. The van der Waals surface area contributed by atoms with Gasteiger partial charge in [0, 0.05) is 27.2 Å². The zero-order valence-electron chi connectivity index (χ0n) is 12.3. The van der Waals surface area contributed by atoms with Crippen LogP contribution in [0.5, 0.6) is 0 Å². The Morgan fingerprint density at radius 2 is 1.96 bits per heavy atom. The molecule has 24 heavy (non-hydrogen) atoms. The predicted octanol–water partition coefficient (Wildman–Crippen LogP) is 5.68. The SMILES string of the molecule is Cc1ccc([N+](=O)[O-])cc1NC(=O)c1sc2cc(Cl)ccc2c1Cl. The lowest BCUT2D eigenvalue weighted by molar-refractivity contribution is -0.384. The van der Waals surface area contributed by atoms with Crippen molar-refractivity contribution in [1.82, 2.24) is 0 Å². The molecule has 0 saturated heterocycles. The third-order valence-electron chi connectivity index (χ3n) is 3.48. The number of halogens is 2. The Balaban J connectivity index is 1.97. The first-order valence-electron chi connectivity index (χ1n) is 6.81. The Labute approximate surface area is 151 Å². The van der Waals surface area contributed by atoms with Gasteiger partial charge in [-0.3, -0.25) is 14.9 Å². The highest BCUT2D eigenvalue weighted by Gasteiger charge is 2.19. The van der Waals surface area contributed by atoms with E-state index in [9.17, 15) is 14.9 Å². The molecule has 0 radical (unpaired) electrons. The molecule has 0 atom stereocenters. The molecule has 0 aliphatic rings. The van der Waals surface area contributed by atoms with Gasteiger partial charge in [0.2, 0.25) is 0 Å². The highest BCUT2D eigenvalue weighted by atomic mass is 35.5. The van der Waals surface area contributed by atoms with Crippen LogP contribution < -0.4 is 5.32 Å². The molecule has 0 unspecified atom stereocenters. The molecular weight excluding hydrogens is 371 g/mol. The average molecular weight is 381 g/mol. The van der Waals surface area contributed by atoms with E-state index in [0.717, 1.165) is 10.1 Å². The molecule has 8 heteroatoms. The van der Waals surface area contributed by atoms with E-state index in [1.54, 1.807) is 31.2 Å². The van der Waals surface area contributed by atoms with E-state index < -0.39 is 10.8 Å². The van der Waals surface area contributed by atoms with Gasteiger partial charge in [-0.2, -0.15) is 0 Å². The second-order valence-electron chi connectivity index (χ2n) is 5.10. The number of benzene rings is 2. The third-order valence-corrected chi connectivity index (χ3v) is 5.37. The highest BCUT2D eigenvalue weighted by molar-refractivity contribution is 7.21. The summed E-state index contributed by atoms with van der Waals surface area (Å²) >= 11 is 13.5. The number of hydrogen-bond donors (Lipinski definition) is 1. The van der Waals surface area contributed by atoms with Crippen molar-refractivity contribution in [2.75, 3.05) is 5.32 Å². The van der Waals surface area contributed by atoms with Gasteiger partial charge in [0.15, 0.2) is 0 Å². The summed E-state index contributed by atoms with van der Waals surface area (Å²) in [6.45, 7) is 1.76. The van der Waals surface area contributed by atoms with Crippen molar-refractivity contribution in [2.24, 2.45) is 0 Å². The highest BCUT2D eigenvalue weighted by Crippen LogP contribution is 2.37. The summed E-state index contributed by atoms with van der Waals surface area (Å²) in [4.78, 5) is 23.2. The number of fused-ring (bicyclic) bond motifs is 1. The first kappa shape index (κ1) is 16.7. The van der Waals surface area contributed by atoms with Crippen LogP contribution in [0.15, 0.2) is 36.4 Å². The third kappa shape index (κ3) is 3.08. The molecule has 0 saturated carbocycles. The number of non-ortho nitro benzene ring substituents is 1. The van der Waals surface area contributed by atoms with Crippen molar-refractivity contribution < 1.29 is 9.72 Å². The number of nitrogens with one attached hydrogen (secondary N) is 1. The van der Waals surface area contributed by atoms with Crippen LogP contribution in [0.2, 0.25) is 10.0 Å². The average Bonchev–Trinajstić information content (AvgIpc) is 2.85. The summed E-state index contributed by atoms with van der Waals surface area (Å²) in [7, 11) is 0. The van der Waals surface area contributed by atoms with Crippen LogP contribution in [0.25, 0.3) is 10.1 Å². The predicted molar refractivity (Wildman–Crippen MR) is 97.6 cm³/mol. The van der Waals surface area contributed by atoms with Crippen LogP contribution in [-0.2, 0) is 0 Å². The quantitative estimate of drug-likeness (QED) is 0.469. The normalized spacial score (nSPS) is 10.8. The van der Waals surface area contributed by atoms with Crippen molar-refractivity contribution in [3.8, 4) is 0 Å². The Kier molecular flexibility index (Phi) is 4.45. The molecule has 1 heterocycles. The minimum Gasteiger partial charge on any atom is -0.321 e. The lowest BCUT2D eigenvalue weighted by Gasteiger charge is -2.07. The van der Waals surface area contributed by atoms with E-state index >= 15 is 0 Å². The standard InChI is InChI=1S/C16H10Cl2N2O3S/c1-8-2-4-10(20(22)23)7-12(8)19-16(21)15-14(18)11-5-3-9(17)6-13(11)24-15/h2-7H,1H3,(H,19,21). The van der Waals surface area contributed by atoms with Crippen LogP contribution in [-0.4, -0.2) is 10.8 Å². The minimum atomic E-state index is -0.510. The molecule has 0 aliphatic heterocycles. The van der Waals surface area contributed by atoms with E-state index in [1.165, 1.54) is 23.5 Å². The van der Waals surface area contributed by atoms with E-state index in [2.05, 4.69) is 5.32 Å².